The second kappa shape index (κ2) is 6.12. The first-order valence-corrected chi connectivity index (χ1v) is 7.56. The summed E-state index contributed by atoms with van der Waals surface area (Å²) in [6.07, 6.45) is 3.02. The van der Waals surface area contributed by atoms with Crippen LogP contribution < -0.4 is 10.2 Å². The van der Waals surface area contributed by atoms with E-state index in [1.54, 1.807) is 6.20 Å². The second-order valence-corrected chi connectivity index (χ2v) is 5.84. The van der Waals surface area contributed by atoms with Crippen molar-refractivity contribution in [2.24, 2.45) is 5.92 Å². The molecular weight excluding hydrogens is 260 g/mol. The Hall–Kier alpha value is -2.10. The Kier molecular flexibility index (Phi) is 4.04. The van der Waals surface area contributed by atoms with E-state index in [4.69, 9.17) is 0 Å². The molecule has 21 heavy (non-hydrogen) atoms. The normalized spacial score (nSPS) is 18.0. The fraction of sp³-hybridized carbons (Fsp3) is 0.412. The summed E-state index contributed by atoms with van der Waals surface area (Å²) in [7, 11) is 0. The van der Waals surface area contributed by atoms with E-state index in [-0.39, 0.29) is 0 Å². The van der Waals surface area contributed by atoms with Gasteiger partial charge in [0, 0.05) is 37.2 Å². The van der Waals surface area contributed by atoms with Gasteiger partial charge in [0.15, 0.2) is 0 Å². The molecule has 0 bridgehead atoms. The predicted molar refractivity (Wildman–Crippen MR) is 86.8 cm³/mol. The lowest BCUT2D eigenvalue weighted by Crippen LogP contribution is -2.22. The van der Waals surface area contributed by atoms with Gasteiger partial charge in [0.25, 0.3) is 0 Å². The maximum Gasteiger partial charge on any atom is 0.222 e. The smallest absolute Gasteiger partial charge is 0.222 e. The van der Waals surface area contributed by atoms with Gasteiger partial charge in [0.2, 0.25) is 5.95 Å². The van der Waals surface area contributed by atoms with Gasteiger partial charge in [-0.25, -0.2) is 9.97 Å². The van der Waals surface area contributed by atoms with E-state index in [2.05, 4.69) is 51.4 Å². The van der Waals surface area contributed by atoms with Crippen molar-refractivity contribution in [2.75, 3.05) is 29.9 Å². The lowest BCUT2D eigenvalue weighted by atomic mass is 10.1. The molecule has 1 aliphatic heterocycles. The molecule has 0 aliphatic carbocycles. The summed E-state index contributed by atoms with van der Waals surface area (Å²) in [5.74, 6) is 1.39. The number of benzene rings is 1. The standard InChI is InChI=1S/C17H22N4/c1-13-4-3-5-16(10-13)21-9-7-15(12-21)11-19-17-18-8-6-14(2)20-17/h3-6,8,10,15H,7,9,11-12H2,1-2H3,(H,18,19,20)/t15-/m0/s1. The second-order valence-electron chi connectivity index (χ2n) is 5.84. The lowest BCUT2D eigenvalue weighted by Gasteiger charge is -2.19. The molecule has 1 N–H and O–H groups in total. The van der Waals surface area contributed by atoms with Crippen molar-refractivity contribution in [2.45, 2.75) is 20.3 Å². The van der Waals surface area contributed by atoms with Crippen molar-refractivity contribution in [3.63, 3.8) is 0 Å². The Balaban J connectivity index is 1.55. The monoisotopic (exact) mass is 282 g/mol. The zero-order chi connectivity index (χ0) is 14.7. The van der Waals surface area contributed by atoms with E-state index < -0.39 is 0 Å². The van der Waals surface area contributed by atoms with Crippen LogP contribution in [0.1, 0.15) is 17.7 Å². The highest BCUT2D eigenvalue weighted by molar-refractivity contribution is 5.49. The summed E-state index contributed by atoms with van der Waals surface area (Å²) in [5, 5.41) is 3.36. The minimum Gasteiger partial charge on any atom is -0.371 e. The van der Waals surface area contributed by atoms with Gasteiger partial charge in [-0.05, 0) is 49.9 Å². The molecule has 0 radical (unpaired) electrons. The number of rotatable bonds is 4. The van der Waals surface area contributed by atoms with Crippen LogP contribution in [-0.2, 0) is 0 Å². The Morgan fingerprint density at radius 2 is 2.19 bits per heavy atom. The Labute approximate surface area is 126 Å². The fourth-order valence-corrected chi connectivity index (χ4v) is 2.83. The van der Waals surface area contributed by atoms with Crippen molar-refractivity contribution >= 4 is 11.6 Å². The van der Waals surface area contributed by atoms with E-state index in [9.17, 15) is 0 Å². The maximum absolute atomic E-state index is 4.39. The van der Waals surface area contributed by atoms with E-state index in [0.717, 1.165) is 31.3 Å². The Bertz CT molecular complexity index is 611. The molecule has 1 aromatic carbocycles. The average Bonchev–Trinajstić information content (AvgIpc) is 2.94. The van der Waals surface area contributed by atoms with Crippen molar-refractivity contribution in [1.82, 2.24) is 9.97 Å². The van der Waals surface area contributed by atoms with Crippen LogP contribution in [0, 0.1) is 19.8 Å². The van der Waals surface area contributed by atoms with Crippen LogP contribution >= 0.6 is 0 Å². The number of aromatic nitrogens is 2. The van der Waals surface area contributed by atoms with Crippen LogP contribution in [0.2, 0.25) is 0 Å². The molecule has 2 heterocycles. The van der Waals surface area contributed by atoms with Crippen LogP contribution in [0.25, 0.3) is 0 Å². The van der Waals surface area contributed by atoms with Crippen LogP contribution in [0.5, 0.6) is 0 Å². The fourth-order valence-electron chi connectivity index (χ4n) is 2.83. The van der Waals surface area contributed by atoms with Crippen LogP contribution in [0.3, 0.4) is 0 Å². The highest BCUT2D eigenvalue weighted by Crippen LogP contribution is 2.24. The molecule has 3 rings (SSSR count). The molecule has 1 saturated heterocycles. The third-order valence-electron chi connectivity index (χ3n) is 4.00. The number of hydrogen-bond acceptors (Lipinski definition) is 4. The molecule has 110 valence electrons. The van der Waals surface area contributed by atoms with Crippen molar-refractivity contribution in [3.8, 4) is 0 Å². The molecule has 1 fully saturated rings. The molecule has 1 atom stereocenters. The Morgan fingerprint density at radius 3 is 3.00 bits per heavy atom. The quantitative estimate of drug-likeness (QED) is 0.936. The first-order chi connectivity index (χ1) is 10.2. The first kappa shape index (κ1) is 13.9. The summed E-state index contributed by atoms with van der Waals surface area (Å²) in [6, 6.07) is 10.7. The van der Waals surface area contributed by atoms with Gasteiger partial charge in [0.1, 0.15) is 0 Å². The number of aryl methyl sites for hydroxylation is 2. The summed E-state index contributed by atoms with van der Waals surface area (Å²) >= 11 is 0. The lowest BCUT2D eigenvalue weighted by molar-refractivity contribution is 0.619. The van der Waals surface area contributed by atoms with Crippen LogP contribution in [-0.4, -0.2) is 29.6 Å². The SMILES string of the molecule is Cc1cccc(N2CC[C@@H](CNc3nccc(C)n3)C2)c1. The van der Waals surface area contributed by atoms with E-state index in [1.807, 2.05) is 13.0 Å². The molecule has 0 saturated carbocycles. The maximum atomic E-state index is 4.39. The average molecular weight is 282 g/mol. The highest BCUT2D eigenvalue weighted by Gasteiger charge is 2.22. The highest BCUT2D eigenvalue weighted by atomic mass is 15.2. The van der Waals surface area contributed by atoms with Gasteiger partial charge in [-0.1, -0.05) is 12.1 Å². The zero-order valence-corrected chi connectivity index (χ0v) is 12.7. The molecule has 4 nitrogen and oxygen atoms in total. The number of anilines is 2. The first-order valence-electron chi connectivity index (χ1n) is 7.56. The molecule has 0 unspecified atom stereocenters. The topological polar surface area (TPSA) is 41.0 Å². The number of nitrogens with zero attached hydrogens (tertiary/aromatic N) is 3. The Morgan fingerprint density at radius 1 is 1.29 bits per heavy atom. The van der Waals surface area contributed by atoms with Gasteiger partial charge in [-0.3, -0.25) is 0 Å². The summed E-state index contributed by atoms with van der Waals surface area (Å²) < 4.78 is 0. The van der Waals surface area contributed by atoms with Gasteiger partial charge in [-0.2, -0.15) is 0 Å². The molecule has 2 aromatic rings. The third-order valence-corrected chi connectivity index (χ3v) is 4.00. The van der Waals surface area contributed by atoms with Gasteiger partial charge in [0.05, 0.1) is 0 Å². The van der Waals surface area contributed by atoms with Crippen molar-refractivity contribution < 1.29 is 0 Å². The van der Waals surface area contributed by atoms with E-state index in [0.29, 0.717) is 5.92 Å². The number of nitrogens with one attached hydrogen (secondary N) is 1. The molecular formula is C17H22N4. The zero-order valence-electron chi connectivity index (χ0n) is 12.7. The van der Waals surface area contributed by atoms with E-state index >= 15 is 0 Å². The summed E-state index contributed by atoms with van der Waals surface area (Å²) in [6.45, 7) is 7.30. The molecule has 1 aromatic heterocycles. The third kappa shape index (κ3) is 3.51. The van der Waals surface area contributed by atoms with Gasteiger partial charge < -0.3 is 10.2 Å². The molecule has 1 aliphatic rings. The summed E-state index contributed by atoms with van der Waals surface area (Å²) in [4.78, 5) is 11.1. The minimum atomic E-state index is 0.648. The number of hydrogen-bond donors (Lipinski definition) is 1. The van der Waals surface area contributed by atoms with E-state index in [1.165, 1.54) is 17.7 Å². The van der Waals surface area contributed by atoms with Crippen molar-refractivity contribution in [3.05, 3.63) is 47.8 Å². The van der Waals surface area contributed by atoms with Gasteiger partial charge in [-0.15, -0.1) is 0 Å². The molecule has 0 amide bonds. The largest absolute Gasteiger partial charge is 0.371 e. The van der Waals surface area contributed by atoms with Crippen LogP contribution in [0.4, 0.5) is 11.6 Å². The summed E-state index contributed by atoms with van der Waals surface area (Å²) in [5.41, 5.74) is 3.66. The minimum absolute atomic E-state index is 0.648. The molecule has 0 spiro atoms. The van der Waals surface area contributed by atoms with Crippen LogP contribution in [0.15, 0.2) is 36.5 Å². The predicted octanol–water partition coefficient (Wildman–Crippen LogP) is 3.03. The van der Waals surface area contributed by atoms with Crippen molar-refractivity contribution in [1.29, 1.82) is 0 Å². The van der Waals surface area contributed by atoms with Gasteiger partial charge >= 0.3 is 0 Å². The molecule has 4 heteroatoms.